The summed E-state index contributed by atoms with van der Waals surface area (Å²) in [5.74, 6) is -11.0. The summed E-state index contributed by atoms with van der Waals surface area (Å²) in [6, 6.07) is 17.1. The van der Waals surface area contributed by atoms with Gasteiger partial charge in [0.25, 0.3) is 0 Å². The number of aliphatic carboxylic acids is 3. The van der Waals surface area contributed by atoms with Crippen LogP contribution in [0.25, 0.3) is 21.7 Å². The number of hydrogen-bond acceptors (Lipinski definition) is 21. The van der Waals surface area contributed by atoms with Crippen LogP contribution in [0.5, 0.6) is 0 Å². The van der Waals surface area contributed by atoms with Crippen molar-refractivity contribution in [1.82, 2.24) is 67.1 Å². The minimum atomic E-state index is -1.72. The molecule has 0 bridgehead atoms. The van der Waals surface area contributed by atoms with E-state index in [1.54, 1.807) is 98.6 Å². The maximum Gasteiger partial charge on any atom is 0.317 e. The molecule has 1 aliphatic heterocycles. The third kappa shape index (κ3) is 28.1. The SMILES string of the molecule is C[C@@H](O)[C@H](NC(=O)[C@H](CCCCN)NC(=O)[C@@H](Cc1c[nH]c2ccccc12)NC(=O)[C@H](Cc1cccc2ccccc12)NC(=O)[C@H](CS)NC(=O)[C@@H](Cc1ccccc1)NC(=O)CN1CCN(CC(=O)O)CCN(CC(=O)O)CCN(CC(=O)O)CC1)C(=O)N[C@@H](CS)C(=O)N[C@H](CO)[C@@H](C)O.[68Ga]. The molecule has 0 unspecified atom stereocenters. The summed E-state index contributed by atoms with van der Waals surface area (Å²) in [5.41, 5.74) is 8.32. The number of nitrogens with zero attached hydrogens (tertiary/aromatic N) is 4. The summed E-state index contributed by atoms with van der Waals surface area (Å²) in [6.07, 6.45) is -0.982. The zero-order valence-corrected chi connectivity index (χ0v) is 61.9. The fraction of sp³-hybridized carbons (Fsp3) is 0.493. The number of nitrogens with one attached hydrogen (secondary N) is 9. The van der Waals surface area contributed by atoms with Gasteiger partial charge in [0.15, 0.2) is 0 Å². The Hall–Kier alpha value is -8.13. The average Bonchev–Trinajstić information content (AvgIpc) is 1.81. The molecule has 0 saturated carbocycles. The van der Waals surface area contributed by atoms with Gasteiger partial charge in [-0.2, -0.15) is 25.3 Å². The molecule has 34 heteroatoms. The molecule has 103 heavy (non-hydrogen) atoms. The smallest absolute Gasteiger partial charge is 0.317 e. The van der Waals surface area contributed by atoms with Gasteiger partial charge in [0.2, 0.25) is 47.3 Å². The number of carboxylic acids is 3. The van der Waals surface area contributed by atoms with Crippen molar-refractivity contribution in [3.8, 4) is 0 Å². The number of carbonyl (C=O) groups excluding carboxylic acids is 8. The molecule has 2 heterocycles. The van der Waals surface area contributed by atoms with E-state index in [4.69, 9.17) is 5.73 Å². The fourth-order valence-corrected chi connectivity index (χ4v) is 12.2. The van der Waals surface area contributed by atoms with Crippen LogP contribution in [-0.4, -0.2) is 304 Å². The third-order valence-corrected chi connectivity index (χ3v) is 18.1. The van der Waals surface area contributed by atoms with Crippen LogP contribution in [0.1, 0.15) is 49.8 Å². The first-order valence-electron chi connectivity index (χ1n) is 33.7. The van der Waals surface area contributed by atoms with Gasteiger partial charge in [0.05, 0.1) is 51.0 Å². The van der Waals surface area contributed by atoms with Crippen LogP contribution < -0.4 is 48.3 Å². The number of unbranched alkanes of at least 4 members (excludes halogenated alkanes) is 1. The van der Waals surface area contributed by atoms with Gasteiger partial charge in [-0.05, 0) is 73.2 Å². The Morgan fingerprint density at radius 3 is 1.40 bits per heavy atom. The van der Waals surface area contributed by atoms with E-state index in [-0.39, 0.29) is 135 Å². The third-order valence-electron chi connectivity index (χ3n) is 17.4. The second kappa shape index (κ2) is 43.9. The maximum atomic E-state index is 15.4. The molecule has 1 fully saturated rings. The topological polar surface area (TPSA) is 460 Å². The van der Waals surface area contributed by atoms with Crippen molar-refractivity contribution in [2.45, 2.75) is 113 Å². The zero-order chi connectivity index (χ0) is 74.4. The molecule has 0 spiro atoms. The van der Waals surface area contributed by atoms with Gasteiger partial charge in [0, 0.05) is 120 Å². The van der Waals surface area contributed by atoms with Gasteiger partial charge in [0.1, 0.15) is 42.3 Å². The fourth-order valence-electron chi connectivity index (χ4n) is 11.7. The van der Waals surface area contributed by atoms with Crippen LogP contribution in [0.15, 0.2) is 103 Å². The number of H-pyrrole nitrogens is 1. The molecule has 1 saturated heterocycles. The first-order valence-corrected chi connectivity index (χ1v) is 35.0. The summed E-state index contributed by atoms with van der Waals surface area (Å²) in [6.45, 7) is 1.63. The van der Waals surface area contributed by atoms with Crippen molar-refractivity contribution in [2.75, 3.05) is 103 Å². The standard InChI is InChI=1S/C69H96N14O17S2.Ga/c1-42(85)55(39-84)76-68(99)57(41-102)78-69(100)62(43(2)86)79-63(94)51(21-10-11-22-70)73-65(96)54(33-47-34-71-50-20-9-8-19-49(47)50)74-66(97)53(32-46-17-12-16-45-15-6-7-18-48(45)46)75-67(98)56(40-101)77-64(95)52(31-44-13-4-3-5-14-44)72-58(87)35-80-23-25-81(36-59(88)89)27-29-83(38-61(92)93)30-28-82(26-24-80)37-60(90)91;/h3-9,12-20,34,42-43,51-57,62,71,84-86,101-102H,10-11,21-33,35-41,70H2,1-2H3,(H,72,87)(H,73,96)(H,74,97)(H,75,98)(H,76,99)(H,77,95)(H,78,100)(H,79,94)(H,88,89)(H,90,91)(H,92,93);/t42-,43-,51+,52-,53+,54-,55-,56+,57+,62+;/m1./s1/i;1-2. The Morgan fingerprint density at radius 1 is 0.466 bits per heavy atom. The molecule has 6 rings (SSSR count). The van der Waals surface area contributed by atoms with Crippen molar-refractivity contribution < 1.29 is 83.4 Å². The van der Waals surface area contributed by atoms with Gasteiger partial charge in [-0.3, -0.25) is 72.3 Å². The largest absolute Gasteiger partial charge is 0.480 e. The number of carbonyl (C=O) groups is 11. The quantitative estimate of drug-likeness (QED) is 0.0107. The van der Waals surface area contributed by atoms with Crippen LogP contribution in [-0.2, 0) is 72.0 Å². The Morgan fingerprint density at radius 2 is 0.893 bits per heavy atom. The number of benzene rings is 4. The minimum absolute atomic E-state index is 0. The van der Waals surface area contributed by atoms with Crippen LogP contribution >= 0.6 is 25.3 Å². The van der Waals surface area contributed by atoms with Gasteiger partial charge < -0.3 is 83.9 Å². The van der Waals surface area contributed by atoms with Crippen LogP contribution in [0.2, 0.25) is 0 Å². The van der Waals surface area contributed by atoms with E-state index >= 15 is 9.59 Å². The molecule has 3 radical (unpaired) electrons. The Balaban J connectivity index is 0.0000191. The number of amides is 8. The number of fused-ring (bicyclic) bond motifs is 2. The second-order valence-electron chi connectivity index (χ2n) is 25.2. The number of hydrogen-bond donors (Lipinski definition) is 18. The van der Waals surface area contributed by atoms with E-state index < -0.39 is 145 Å². The van der Waals surface area contributed by atoms with Crippen molar-refractivity contribution >= 4 is 132 Å². The molecule has 0 aliphatic carbocycles. The van der Waals surface area contributed by atoms with Gasteiger partial charge >= 0.3 is 17.9 Å². The number of aromatic amines is 1. The first kappa shape index (κ1) is 85.5. The second-order valence-corrected chi connectivity index (χ2v) is 26.0. The zero-order valence-electron chi connectivity index (χ0n) is 57.7. The Kier molecular flexibility index (Phi) is 36.4. The molecule has 1 aliphatic rings. The number of aromatic nitrogens is 1. The molecular formula is C69H96GaN14O17S2. The van der Waals surface area contributed by atoms with E-state index in [0.29, 0.717) is 34.0 Å². The number of thiol groups is 2. The Labute approximate surface area is 620 Å². The maximum absolute atomic E-state index is 15.4. The summed E-state index contributed by atoms with van der Waals surface area (Å²) >= 11 is 8.67. The van der Waals surface area contributed by atoms with Crippen LogP contribution in [0, 0.1) is 0 Å². The summed E-state index contributed by atoms with van der Waals surface area (Å²) in [5, 5.41) is 83.2. The molecule has 5 aromatic rings. The number of aliphatic hydroxyl groups is 3. The number of carboxylic acid groups (broad SMARTS) is 3. The van der Waals surface area contributed by atoms with Gasteiger partial charge in [-0.1, -0.05) is 91.0 Å². The number of rotatable bonds is 38. The van der Waals surface area contributed by atoms with E-state index in [0.717, 1.165) is 10.8 Å². The number of aliphatic hydroxyl groups excluding tert-OH is 3. The molecule has 559 valence electrons. The molecule has 10 atom stereocenters. The normalized spacial score (nSPS) is 16.5. The van der Waals surface area contributed by atoms with Gasteiger partial charge in [-0.25, -0.2) is 0 Å². The van der Waals surface area contributed by atoms with Crippen molar-refractivity contribution in [2.24, 2.45) is 5.73 Å². The van der Waals surface area contributed by atoms with E-state index in [1.807, 2.05) is 24.3 Å². The van der Waals surface area contributed by atoms with Crippen LogP contribution in [0.3, 0.4) is 0 Å². The molecule has 4 aromatic carbocycles. The van der Waals surface area contributed by atoms with E-state index in [1.165, 1.54) is 13.8 Å². The summed E-state index contributed by atoms with van der Waals surface area (Å²) < 4.78 is 0. The molecule has 17 N–H and O–H groups in total. The van der Waals surface area contributed by atoms with Gasteiger partial charge in [-0.15, -0.1) is 0 Å². The first-order chi connectivity index (χ1) is 48.8. The number of para-hydroxylation sites is 1. The van der Waals surface area contributed by atoms with Crippen LogP contribution in [0.4, 0.5) is 0 Å². The minimum Gasteiger partial charge on any atom is -0.480 e. The van der Waals surface area contributed by atoms with E-state index in [9.17, 15) is 73.8 Å². The summed E-state index contributed by atoms with van der Waals surface area (Å²) in [4.78, 5) is 161. The molecular weight excluding hydrogens is 1430 g/mol. The molecule has 8 amide bonds. The predicted molar refractivity (Wildman–Crippen MR) is 391 cm³/mol. The monoisotopic (exact) mass is 1520 g/mol. The Bertz CT molecular complexity index is 3600. The van der Waals surface area contributed by atoms with E-state index in [2.05, 4.69) is 72.8 Å². The molecule has 31 nitrogen and oxygen atoms in total. The average molecular weight is 1530 g/mol. The predicted octanol–water partition coefficient (Wildman–Crippen LogP) is -2.94. The number of nitrogens with two attached hydrogens (primary N) is 1. The van der Waals surface area contributed by atoms with Crippen molar-refractivity contribution in [3.63, 3.8) is 0 Å². The summed E-state index contributed by atoms with van der Waals surface area (Å²) in [7, 11) is 0. The molecule has 1 aromatic heterocycles. The van der Waals surface area contributed by atoms with Crippen molar-refractivity contribution in [3.05, 3.63) is 120 Å². The van der Waals surface area contributed by atoms with Crippen molar-refractivity contribution in [1.29, 1.82) is 0 Å².